The predicted octanol–water partition coefficient (Wildman–Crippen LogP) is 2.71. The second-order valence-electron chi connectivity index (χ2n) is 7.09. The lowest BCUT2D eigenvalue weighted by atomic mass is 10.1. The van der Waals surface area contributed by atoms with Crippen molar-refractivity contribution < 1.29 is 13.2 Å². The molecule has 0 spiro atoms. The SMILES string of the molecule is CCS(=O)(=O)N1CCN(Cc2ccc(C(=O)Nc3ccc(C)cc3)cc2)CC1. The van der Waals surface area contributed by atoms with Crippen LogP contribution in [0.1, 0.15) is 28.4 Å². The molecule has 0 bridgehead atoms. The maximum Gasteiger partial charge on any atom is 0.255 e. The number of hydrogen-bond acceptors (Lipinski definition) is 4. The highest BCUT2D eigenvalue weighted by Crippen LogP contribution is 2.14. The van der Waals surface area contributed by atoms with Gasteiger partial charge < -0.3 is 5.32 Å². The second-order valence-corrected chi connectivity index (χ2v) is 9.35. The van der Waals surface area contributed by atoms with Crippen LogP contribution in [0.25, 0.3) is 0 Å². The van der Waals surface area contributed by atoms with Crippen molar-refractivity contribution in [2.75, 3.05) is 37.2 Å². The highest BCUT2D eigenvalue weighted by atomic mass is 32.2. The van der Waals surface area contributed by atoms with E-state index in [9.17, 15) is 13.2 Å². The Hall–Kier alpha value is -2.22. The third-order valence-electron chi connectivity index (χ3n) is 5.02. The summed E-state index contributed by atoms with van der Waals surface area (Å²) in [5.74, 6) is 0.0211. The lowest BCUT2D eigenvalue weighted by Crippen LogP contribution is -2.48. The Morgan fingerprint density at radius 1 is 0.964 bits per heavy atom. The molecule has 2 aromatic carbocycles. The smallest absolute Gasteiger partial charge is 0.255 e. The third-order valence-corrected chi connectivity index (χ3v) is 6.90. The van der Waals surface area contributed by atoms with Crippen molar-refractivity contribution >= 4 is 21.6 Å². The molecule has 1 saturated heterocycles. The van der Waals surface area contributed by atoms with E-state index >= 15 is 0 Å². The maximum absolute atomic E-state index is 12.4. The summed E-state index contributed by atoms with van der Waals surface area (Å²) in [5.41, 5.74) is 3.65. The molecule has 1 aliphatic heterocycles. The van der Waals surface area contributed by atoms with Gasteiger partial charge in [-0.25, -0.2) is 8.42 Å². The van der Waals surface area contributed by atoms with Crippen molar-refractivity contribution in [2.45, 2.75) is 20.4 Å². The van der Waals surface area contributed by atoms with Gasteiger partial charge in [0.15, 0.2) is 0 Å². The van der Waals surface area contributed by atoms with Gasteiger partial charge in [0, 0.05) is 44.0 Å². The summed E-state index contributed by atoms with van der Waals surface area (Å²) in [4.78, 5) is 14.6. The van der Waals surface area contributed by atoms with Gasteiger partial charge in [-0.05, 0) is 43.7 Å². The van der Waals surface area contributed by atoms with Crippen LogP contribution in [0.3, 0.4) is 0 Å². The van der Waals surface area contributed by atoms with Crippen molar-refractivity contribution in [1.29, 1.82) is 0 Å². The summed E-state index contributed by atoms with van der Waals surface area (Å²) in [6.45, 7) is 6.94. The predicted molar refractivity (Wildman–Crippen MR) is 112 cm³/mol. The number of anilines is 1. The normalized spacial score (nSPS) is 16.1. The molecule has 0 saturated carbocycles. The van der Waals surface area contributed by atoms with E-state index in [0.717, 1.165) is 36.4 Å². The Kier molecular flexibility index (Phi) is 6.49. The van der Waals surface area contributed by atoms with Crippen LogP contribution < -0.4 is 5.32 Å². The molecule has 150 valence electrons. The number of aryl methyl sites for hydroxylation is 1. The lowest BCUT2D eigenvalue weighted by molar-refractivity contribution is 0.102. The van der Waals surface area contributed by atoms with Gasteiger partial charge in [0.05, 0.1) is 5.75 Å². The molecule has 1 amide bonds. The molecule has 2 aromatic rings. The minimum Gasteiger partial charge on any atom is -0.322 e. The number of carbonyl (C=O) groups excluding carboxylic acids is 1. The van der Waals surface area contributed by atoms with Gasteiger partial charge in [0.1, 0.15) is 0 Å². The van der Waals surface area contributed by atoms with E-state index in [4.69, 9.17) is 0 Å². The molecule has 7 heteroatoms. The van der Waals surface area contributed by atoms with Crippen molar-refractivity contribution in [2.24, 2.45) is 0 Å². The van der Waals surface area contributed by atoms with E-state index < -0.39 is 10.0 Å². The van der Waals surface area contributed by atoms with Crippen LogP contribution in [0.15, 0.2) is 48.5 Å². The third kappa shape index (κ3) is 5.19. The quantitative estimate of drug-likeness (QED) is 0.808. The fourth-order valence-corrected chi connectivity index (χ4v) is 4.29. The first-order valence-corrected chi connectivity index (χ1v) is 11.2. The van der Waals surface area contributed by atoms with Gasteiger partial charge in [0.25, 0.3) is 5.91 Å². The van der Waals surface area contributed by atoms with E-state index in [0.29, 0.717) is 18.7 Å². The van der Waals surface area contributed by atoms with Crippen LogP contribution in [0.5, 0.6) is 0 Å². The van der Waals surface area contributed by atoms with Gasteiger partial charge in [0.2, 0.25) is 10.0 Å². The number of rotatable bonds is 6. The Labute approximate surface area is 167 Å². The molecular formula is C21H27N3O3S. The molecule has 1 fully saturated rings. The van der Waals surface area contributed by atoms with E-state index in [1.54, 1.807) is 11.2 Å². The topological polar surface area (TPSA) is 69.7 Å². The first kappa shape index (κ1) is 20.5. The highest BCUT2D eigenvalue weighted by Gasteiger charge is 2.25. The molecule has 0 aliphatic carbocycles. The zero-order chi connectivity index (χ0) is 20.1. The number of piperazine rings is 1. The number of carbonyl (C=O) groups is 1. The van der Waals surface area contributed by atoms with E-state index in [-0.39, 0.29) is 11.7 Å². The van der Waals surface area contributed by atoms with E-state index in [1.807, 2.05) is 55.5 Å². The molecule has 3 rings (SSSR count). The lowest BCUT2D eigenvalue weighted by Gasteiger charge is -2.33. The minimum atomic E-state index is -3.10. The first-order chi connectivity index (χ1) is 13.4. The molecular weight excluding hydrogens is 374 g/mol. The number of sulfonamides is 1. The first-order valence-electron chi connectivity index (χ1n) is 9.54. The van der Waals surface area contributed by atoms with Crippen LogP contribution in [0, 0.1) is 6.92 Å². The molecule has 0 radical (unpaired) electrons. The fraction of sp³-hybridized carbons (Fsp3) is 0.381. The van der Waals surface area contributed by atoms with E-state index in [2.05, 4.69) is 10.2 Å². The Morgan fingerprint density at radius 2 is 1.57 bits per heavy atom. The second kappa shape index (κ2) is 8.86. The molecule has 0 unspecified atom stereocenters. The van der Waals surface area contributed by atoms with Crippen LogP contribution >= 0.6 is 0 Å². The molecule has 0 aromatic heterocycles. The summed E-state index contributed by atoms with van der Waals surface area (Å²) in [6, 6.07) is 15.3. The Balaban J connectivity index is 1.53. The largest absolute Gasteiger partial charge is 0.322 e. The molecule has 0 atom stereocenters. The zero-order valence-electron chi connectivity index (χ0n) is 16.4. The molecule has 28 heavy (non-hydrogen) atoms. The minimum absolute atomic E-state index is 0.131. The van der Waals surface area contributed by atoms with E-state index in [1.165, 1.54) is 0 Å². The van der Waals surface area contributed by atoms with Gasteiger partial charge in [-0.15, -0.1) is 0 Å². The van der Waals surface area contributed by atoms with Crippen molar-refractivity contribution in [1.82, 2.24) is 9.21 Å². The van der Waals surface area contributed by atoms with Crippen molar-refractivity contribution in [3.05, 3.63) is 65.2 Å². The Bertz CT molecular complexity index is 901. The van der Waals surface area contributed by atoms with Crippen LogP contribution in [-0.2, 0) is 16.6 Å². The number of benzene rings is 2. The summed E-state index contributed by atoms with van der Waals surface area (Å²) in [6.07, 6.45) is 0. The van der Waals surface area contributed by atoms with Crippen LogP contribution in [0.4, 0.5) is 5.69 Å². The molecule has 6 nitrogen and oxygen atoms in total. The van der Waals surface area contributed by atoms with Gasteiger partial charge in [-0.2, -0.15) is 4.31 Å². The average Bonchev–Trinajstić information content (AvgIpc) is 2.70. The molecule has 1 N–H and O–H groups in total. The number of nitrogens with one attached hydrogen (secondary N) is 1. The van der Waals surface area contributed by atoms with Crippen molar-refractivity contribution in [3.8, 4) is 0 Å². The maximum atomic E-state index is 12.4. The summed E-state index contributed by atoms with van der Waals surface area (Å²) in [5, 5.41) is 2.90. The monoisotopic (exact) mass is 401 g/mol. The number of amides is 1. The summed E-state index contributed by atoms with van der Waals surface area (Å²) >= 11 is 0. The fourth-order valence-electron chi connectivity index (χ4n) is 3.21. The summed E-state index contributed by atoms with van der Waals surface area (Å²) in [7, 11) is -3.10. The average molecular weight is 402 g/mol. The Morgan fingerprint density at radius 3 is 2.14 bits per heavy atom. The molecule has 1 heterocycles. The standard InChI is InChI=1S/C21H27N3O3S/c1-3-28(26,27)24-14-12-23(13-15-24)16-18-6-8-19(9-7-18)21(25)22-20-10-4-17(2)5-11-20/h4-11H,3,12-16H2,1-2H3,(H,22,25). The van der Waals surface area contributed by atoms with Crippen molar-refractivity contribution in [3.63, 3.8) is 0 Å². The van der Waals surface area contributed by atoms with Crippen LogP contribution in [0.2, 0.25) is 0 Å². The number of nitrogens with zero attached hydrogens (tertiary/aromatic N) is 2. The highest BCUT2D eigenvalue weighted by molar-refractivity contribution is 7.89. The molecule has 1 aliphatic rings. The van der Waals surface area contributed by atoms with Gasteiger partial charge in [-0.3, -0.25) is 9.69 Å². The number of hydrogen-bond donors (Lipinski definition) is 1. The summed E-state index contributed by atoms with van der Waals surface area (Å²) < 4.78 is 25.4. The van der Waals surface area contributed by atoms with Gasteiger partial charge in [-0.1, -0.05) is 29.8 Å². The van der Waals surface area contributed by atoms with Gasteiger partial charge >= 0.3 is 0 Å². The zero-order valence-corrected chi connectivity index (χ0v) is 17.2. The van der Waals surface area contributed by atoms with Crippen LogP contribution in [-0.4, -0.2) is 55.5 Å².